The Hall–Kier alpha value is -1.39. The predicted octanol–water partition coefficient (Wildman–Crippen LogP) is 2.73. The van der Waals surface area contributed by atoms with E-state index in [9.17, 15) is 4.79 Å². The van der Waals surface area contributed by atoms with Crippen LogP contribution in [0.1, 0.15) is 44.1 Å². The highest BCUT2D eigenvalue weighted by Crippen LogP contribution is 2.27. The lowest BCUT2D eigenvalue weighted by molar-refractivity contribution is -0.122. The minimum atomic E-state index is 0.186. The third kappa shape index (κ3) is 4.79. The Morgan fingerprint density at radius 1 is 1.17 bits per heavy atom. The van der Waals surface area contributed by atoms with E-state index < -0.39 is 0 Å². The van der Waals surface area contributed by atoms with Crippen LogP contribution in [0.15, 0.2) is 30.3 Å². The molecule has 0 saturated carbocycles. The van der Waals surface area contributed by atoms with Crippen molar-refractivity contribution in [2.45, 2.75) is 57.2 Å². The van der Waals surface area contributed by atoms with Crippen molar-refractivity contribution in [2.24, 2.45) is 0 Å². The fraction of sp³-hybridized carbons (Fsp3) is 0.632. The molecule has 2 aliphatic rings. The summed E-state index contributed by atoms with van der Waals surface area (Å²) in [5.41, 5.74) is 1.18. The SMILES string of the molecule is O=C(CCCOCc1ccccc1)N[C@@H]1CCN2CCCC[C@H]12. The second-order valence-electron chi connectivity index (χ2n) is 6.70. The fourth-order valence-electron chi connectivity index (χ4n) is 3.79. The molecule has 3 rings (SSSR count). The number of carbonyl (C=O) groups is 1. The van der Waals surface area contributed by atoms with Gasteiger partial charge in [0.05, 0.1) is 6.61 Å². The maximum atomic E-state index is 12.1. The maximum absolute atomic E-state index is 12.1. The molecule has 0 spiro atoms. The van der Waals surface area contributed by atoms with Crippen LogP contribution in [0, 0.1) is 0 Å². The highest BCUT2D eigenvalue weighted by atomic mass is 16.5. The molecule has 0 aromatic heterocycles. The van der Waals surface area contributed by atoms with Crippen molar-refractivity contribution >= 4 is 5.91 Å². The van der Waals surface area contributed by atoms with Gasteiger partial charge in [-0.25, -0.2) is 0 Å². The quantitative estimate of drug-likeness (QED) is 0.787. The van der Waals surface area contributed by atoms with E-state index in [0.717, 1.165) is 19.4 Å². The number of nitrogens with one attached hydrogen (secondary N) is 1. The van der Waals surface area contributed by atoms with Crippen LogP contribution in [0.3, 0.4) is 0 Å². The van der Waals surface area contributed by atoms with Gasteiger partial charge in [-0.3, -0.25) is 9.69 Å². The van der Waals surface area contributed by atoms with Crippen molar-refractivity contribution in [3.63, 3.8) is 0 Å². The van der Waals surface area contributed by atoms with Gasteiger partial charge in [-0.15, -0.1) is 0 Å². The average molecular weight is 316 g/mol. The van der Waals surface area contributed by atoms with Gasteiger partial charge in [0.15, 0.2) is 0 Å². The Balaban J connectivity index is 1.29. The summed E-state index contributed by atoms with van der Waals surface area (Å²) >= 11 is 0. The van der Waals surface area contributed by atoms with Gasteiger partial charge in [-0.1, -0.05) is 36.8 Å². The van der Waals surface area contributed by atoms with Crippen molar-refractivity contribution < 1.29 is 9.53 Å². The summed E-state index contributed by atoms with van der Waals surface area (Å²) in [6.07, 6.45) is 6.33. The van der Waals surface area contributed by atoms with Crippen LogP contribution in [0.25, 0.3) is 0 Å². The van der Waals surface area contributed by atoms with E-state index >= 15 is 0 Å². The predicted molar refractivity (Wildman–Crippen MR) is 91.1 cm³/mol. The van der Waals surface area contributed by atoms with Crippen molar-refractivity contribution in [3.05, 3.63) is 35.9 Å². The van der Waals surface area contributed by atoms with Crippen molar-refractivity contribution in [2.75, 3.05) is 19.7 Å². The number of hydrogen-bond acceptors (Lipinski definition) is 3. The number of carbonyl (C=O) groups excluding carboxylic acids is 1. The lowest BCUT2D eigenvalue weighted by atomic mass is 9.99. The Kier molecular flexibility index (Phi) is 6.06. The zero-order chi connectivity index (χ0) is 15.9. The topological polar surface area (TPSA) is 41.6 Å². The molecule has 23 heavy (non-hydrogen) atoms. The summed E-state index contributed by atoms with van der Waals surface area (Å²) in [5.74, 6) is 0.186. The lowest BCUT2D eigenvalue weighted by Crippen LogP contribution is -2.46. The standard InChI is InChI=1S/C19H28N2O2/c22-19(10-6-14-23-15-16-7-2-1-3-8-16)20-17-11-13-21-12-5-4-9-18(17)21/h1-3,7-8,17-18H,4-6,9-15H2,(H,20,22)/t17-,18-/m1/s1. The van der Waals surface area contributed by atoms with Crippen LogP contribution >= 0.6 is 0 Å². The second kappa shape index (κ2) is 8.46. The van der Waals surface area contributed by atoms with E-state index in [2.05, 4.69) is 22.3 Å². The Bertz CT molecular complexity index is 491. The summed E-state index contributed by atoms with van der Waals surface area (Å²) in [5, 5.41) is 3.25. The zero-order valence-electron chi connectivity index (χ0n) is 13.9. The molecule has 4 heteroatoms. The molecule has 0 unspecified atom stereocenters. The first-order valence-electron chi connectivity index (χ1n) is 8.98. The molecule has 0 bridgehead atoms. The van der Waals surface area contributed by atoms with Gasteiger partial charge in [0.2, 0.25) is 5.91 Å². The summed E-state index contributed by atoms with van der Waals surface area (Å²) in [7, 11) is 0. The number of benzene rings is 1. The minimum Gasteiger partial charge on any atom is -0.377 e. The van der Waals surface area contributed by atoms with Gasteiger partial charge < -0.3 is 10.1 Å². The molecular formula is C19H28N2O2. The molecule has 2 heterocycles. The van der Waals surface area contributed by atoms with Gasteiger partial charge in [0, 0.05) is 31.7 Å². The first kappa shape index (κ1) is 16.5. The summed E-state index contributed by atoms with van der Waals surface area (Å²) in [6, 6.07) is 11.1. The Labute approximate surface area is 139 Å². The van der Waals surface area contributed by atoms with E-state index in [0.29, 0.717) is 31.7 Å². The van der Waals surface area contributed by atoms with Crippen LogP contribution in [0.4, 0.5) is 0 Å². The van der Waals surface area contributed by atoms with Crippen LogP contribution < -0.4 is 5.32 Å². The van der Waals surface area contributed by atoms with Crippen molar-refractivity contribution in [3.8, 4) is 0 Å². The maximum Gasteiger partial charge on any atom is 0.220 e. The molecule has 0 radical (unpaired) electrons. The largest absolute Gasteiger partial charge is 0.377 e. The van der Waals surface area contributed by atoms with Gasteiger partial charge in [-0.05, 0) is 37.8 Å². The third-order valence-corrected chi connectivity index (χ3v) is 5.01. The number of ether oxygens (including phenoxy) is 1. The average Bonchev–Trinajstić information content (AvgIpc) is 2.99. The van der Waals surface area contributed by atoms with Gasteiger partial charge in [-0.2, -0.15) is 0 Å². The molecule has 2 fully saturated rings. The number of amides is 1. The van der Waals surface area contributed by atoms with Gasteiger partial charge in [0.25, 0.3) is 0 Å². The monoisotopic (exact) mass is 316 g/mol. The number of hydrogen-bond donors (Lipinski definition) is 1. The Morgan fingerprint density at radius 3 is 2.91 bits per heavy atom. The number of fused-ring (bicyclic) bond motifs is 1. The van der Waals surface area contributed by atoms with Crippen LogP contribution in [-0.2, 0) is 16.1 Å². The summed E-state index contributed by atoms with van der Waals surface area (Å²) < 4.78 is 5.64. The normalized spacial score (nSPS) is 24.3. The second-order valence-corrected chi connectivity index (χ2v) is 6.70. The molecule has 1 N–H and O–H groups in total. The van der Waals surface area contributed by atoms with Crippen molar-refractivity contribution in [1.29, 1.82) is 0 Å². The van der Waals surface area contributed by atoms with Gasteiger partial charge in [0.1, 0.15) is 0 Å². The number of rotatable bonds is 7. The number of nitrogens with zero attached hydrogens (tertiary/aromatic N) is 1. The minimum absolute atomic E-state index is 0.186. The molecule has 0 aliphatic carbocycles. The van der Waals surface area contributed by atoms with Crippen molar-refractivity contribution in [1.82, 2.24) is 10.2 Å². The van der Waals surface area contributed by atoms with E-state index in [-0.39, 0.29) is 5.91 Å². The molecule has 1 aromatic carbocycles. The highest BCUT2D eigenvalue weighted by Gasteiger charge is 2.35. The van der Waals surface area contributed by atoms with Gasteiger partial charge >= 0.3 is 0 Å². The molecule has 126 valence electrons. The smallest absolute Gasteiger partial charge is 0.220 e. The summed E-state index contributed by atoms with van der Waals surface area (Å²) in [4.78, 5) is 14.7. The Morgan fingerprint density at radius 2 is 2.04 bits per heavy atom. The molecular weight excluding hydrogens is 288 g/mol. The molecule has 1 amide bonds. The zero-order valence-corrected chi connectivity index (χ0v) is 13.9. The van der Waals surface area contributed by atoms with E-state index in [1.54, 1.807) is 0 Å². The molecule has 1 aromatic rings. The molecule has 2 saturated heterocycles. The van der Waals surface area contributed by atoms with E-state index in [1.165, 1.54) is 31.4 Å². The lowest BCUT2D eigenvalue weighted by Gasteiger charge is -2.32. The van der Waals surface area contributed by atoms with E-state index in [4.69, 9.17) is 4.74 Å². The molecule has 2 atom stereocenters. The van der Waals surface area contributed by atoms with Crippen LogP contribution in [0.2, 0.25) is 0 Å². The fourth-order valence-corrected chi connectivity index (χ4v) is 3.79. The third-order valence-electron chi connectivity index (χ3n) is 5.01. The molecule has 2 aliphatic heterocycles. The first-order valence-corrected chi connectivity index (χ1v) is 8.98. The molecule has 4 nitrogen and oxygen atoms in total. The summed E-state index contributed by atoms with van der Waals surface area (Å²) in [6.45, 7) is 3.63. The van der Waals surface area contributed by atoms with E-state index in [1.807, 2.05) is 18.2 Å². The van der Waals surface area contributed by atoms with Crippen LogP contribution in [0.5, 0.6) is 0 Å². The number of piperidine rings is 1. The van der Waals surface area contributed by atoms with Crippen LogP contribution in [-0.4, -0.2) is 42.6 Å². The first-order chi connectivity index (χ1) is 11.3. The highest BCUT2D eigenvalue weighted by molar-refractivity contribution is 5.76.